The van der Waals surface area contributed by atoms with Gasteiger partial charge in [0.1, 0.15) is 17.9 Å². The molecular formula is C24H23F3N6O4. The van der Waals surface area contributed by atoms with Gasteiger partial charge in [0.05, 0.1) is 6.20 Å². The number of hydrogen-bond acceptors (Lipinski definition) is 7. The molecule has 0 bridgehead atoms. The molecule has 0 saturated heterocycles. The molecule has 4 rings (SSSR count). The van der Waals surface area contributed by atoms with Gasteiger partial charge < -0.3 is 19.5 Å². The Balaban J connectivity index is 1.52. The fourth-order valence-corrected chi connectivity index (χ4v) is 3.61. The van der Waals surface area contributed by atoms with Gasteiger partial charge in [-0.05, 0) is 37.1 Å². The molecule has 0 fully saturated rings. The number of ether oxygens (including phenoxy) is 1. The minimum Gasteiger partial charge on any atom is -0.385 e. The normalized spacial score (nSPS) is 11.6. The van der Waals surface area contributed by atoms with Gasteiger partial charge in [-0.25, -0.2) is 4.98 Å². The first-order valence-corrected chi connectivity index (χ1v) is 11.2. The smallest absolute Gasteiger partial charge is 0.385 e. The fourth-order valence-electron chi connectivity index (χ4n) is 3.61. The van der Waals surface area contributed by atoms with Gasteiger partial charge in [-0.3, -0.25) is 14.0 Å². The quantitative estimate of drug-likeness (QED) is 0.336. The first-order valence-electron chi connectivity index (χ1n) is 11.2. The second-order valence-corrected chi connectivity index (χ2v) is 8.14. The van der Waals surface area contributed by atoms with E-state index in [9.17, 15) is 22.8 Å². The number of carbonyl (C=O) groups excluding carboxylic acids is 2. The van der Waals surface area contributed by atoms with Crippen LogP contribution in [0.25, 0.3) is 17.0 Å². The molecule has 10 nitrogen and oxygen atoms in total. The van der Waals surface area contributed by atoms with Crippen molar-refractivity contribution in [2.45, 2.75) is 26.1 Å². The second-order valence-electron chi connectivity index (χ2n) is 8.14. The molecular weight excluding hydrogens is 493 g/mol. The Morgan fingerprint density at radius 2 is 2.03 bits per heavy atom. The number of nitrogens with zero attached hydrogens (tertiary/aromatic N) is 5. The van der Waals surface area contributed by atoms with Gasteiger partial charge >= 0.3 is 12.1 Å². The third-order valence-electron chi connectivity index (χ3n) is 5.49. The summed E-state index contributed by atoms with van der Waals surface area (Å²) < 4.78 is 50.7. The highest BCUT2D eigenvalue weighted by Crippen LogP contribution is 2.25. The van der Waals surface area contributed by atoms with Crippen molar-refractivity contribution in [2.24, 2.45) is 0 Å². The Morgan fingerprint density at radius 1 is 1.22 bits per heavy atom. The minimum atomic E-state index is -5.04. The van der Waals surface area contributed by atoms with Crippen molar-refractivity contribution in [2.75, 3.05) is 25.6 Å². The van der Waals surface area contributed by atoms with Gasteiger partial charge in [-0.2, -0.15) is 18.2 Å². The van der Waals surface area contributed by atoms with E-state index in [1.807, 2.05) is 6.07 Å². The topological polar surface area (TPSA) is 115 Å². The molecule has 13 heteroatoms. The lowest BCUT2D eigenvalue weighted by Crippen LogP contribution is -2.41. The molecule has 1 aromatic carbocycles. The van der Waals surface area contributed by atoms with Crippen molar-refractivity contribution in [1.29, 1.82) is 0 Å². The number of alkyl halides is 3. The van der Waals surface area contributed by atoms with Crippen LogP contribution in [-0.2, 0) is 16.1 Å². The minimum absolute atomic E-state index is 0.0941. The number of pyridine rings is 1. The van der Waals surface area contributed by atoms with Crippen molar-refractivity contribution in [3.63, 3.8) is 0 Å². The Bertz CT molecular complexity index is 1420. The largest absolute Gasteiger partial charge is 0.471 e. The number of anilines is 1. The average Bonchev–Trinajstić information content (AvgIpc) is 3.51. The van der Waals surface area contributed by atoms with Crippen LogP contribution in [0.4, 0.5) is 18.9 Å². The number of nitrogens with one attached hydrogen (secondary N) is 1. The maximum atomic E-state index is 13.0. The number of fused-ring (bicyclic) bond motifs is 1. The second kappa shape index (κ2) is 10.8. The number of methoxy groups -OCH3 is 1. The zero-order valence-corrected chi connectivity index (χ0v) is 20.0. The van der Waals surface area contributed by atoms with Gasteiger partial charge in [0.25, 0.3) is 5.91 Å². The first-order chi connectivity index (χ1) is 17.7. The molecule has 1 N–H and O–H groups in total. The van der Waals surface area contributed by atoms with E-state index in [1.165, 1.54) is 13.3 Å². The summed E-state index contributed by atoms with van der Waals surface area (Å²) in [6.07, 6.45) is -1.65. The van der Waals surface area contributed by atoms with Crippen molar-refractivity contribution in [3.05, 3.63) is 65.9 Å². The molecule has 2 amide bonds. The number of hydrogen-bond donors (Lipinski definition) is 1. The summed E-state index contributed by atoms with van der Waals surface area (Å²) in [5.41, 5.74) is 2.66. The zero-order chi connectivity index (χ0) is 26.6. The molecule has 37 heavy (non-hydrogen) atoms. The number of aryl methyl sites for hydroxylation is 1. The van der Waals surface area contributed by atoms with Crippen LogP contribution in [0.2, 0.25) is 0 Å². The standard InChI is InChI=1S/C24H23F3N6O4/c1-15-7-8-16(12-17(15)29-22(34)18-13-28-19-6-3-4-10-33(18)19)21-30-20(37-31-21)14-32(9-5-11-36-2)23(35)24(25,26)27/h3-4,6-8,10,12-13H,5,9,11,14H2,1-2H3,(H,29,34). The van der Waals surface area contributed by atoms with Crippen LogP contribution in [0.5, 0.6) is 0 Å². The molecule has 0 radical (unpaired) electrons. The summed E-state index contributed by atoms with van der Waals surface area (Å²) >= 11 is 0. The van der Waals surface area contributed by atoms with E-state index in [0.29, 0.717) is 27.5 Å². The number of amides is 2. The number of benzene rings is 1. The number of halogens is 3. The van der Waals surface area contributed by atoms with Crippen LogP contribution in [0.3, 0.4) is 0 Å². The van der Waals surface area contributed by atoms with Crippen molar-refractivity contribution >= 4 is 23.1 Å². The maximum Gasteiger partial charge on any atom is 0.471 e. The van der Waals surface area contributed by atoms with E-state index in [0.717, 1.165) is 5.56 Å². The summed E-state index contributed by atoms with van der Waals surface area (Å²) in [6, 6.07) is 10.4. The van der Waals surface area contributed by atoms with Crippen LogP contribution in [0.15, 0.2) is 53.3 Å². The monoisotopic (exact) mass is 516 g/mol. The summed E-state index contributed by atoms with van der Waals surface area (Å²) in [6.45, 7) is 1.27. The van der Waals surface area contributed by atoms with E-state index in [4.69, 9.17) is 9.26 Å². The SMILES string of the molecule is COCCCN(Cc1nc(-c2ccc(C)c(NC(=O)c3cnc4ccccn34)c2)no1)C(=O)C(F)(F)F. The summed E-state index contributed by atoms with van der Waals surface area (Å²) in [7, 11) is 1.41. The summed E-state index contributed by atoms with van der Waals surface area (Å²) in [4.78, 5) is 33.7. The van der Waals surface area contributed by atoms with Gasteiger partial charge in [-0.1, -0.05) is 23.4 Å². The molecule has 0 aliphatic heterocycles. The zero-order valence-electron chi connectivity index (χ0n) is 20.0. The molecule has 0 atom stereocenters. The van der Waals surface area contributed by atoms with Crippen LogP contribution in [-0.4, -0.2) is 62.7 Å². The number of carbonyl (C=O) groups is 2. The third kappa shape index (κ3) is 5.94. The Hall–Kier alpha value is -4.26. The average molecular weight is 516 g/mol. The van der Waals surface area contributed by atoms with Crippen LogP contribution < -0.4 is 5.32 Å². The lowest BCUT2D eigenvalue weighted by Gasteiger charge is -2.21. The predicted molar refractivity (Wildman–Crippen MR) is 126 cm³/mol. The third-order valence-corrected chi connectivity index (χ3v) is 5.49. The van der Waals surface area contributed by atoms with Gasteiger partial charge in [0, 0.05) is 37.7 Å². The number of imidazole rings is 1. The Kier molecular flexibility index (Phi) is 7.53. The molecule has 0 aliphatic rings. The van der Waals surface area contributed by atoms with Gasteiger partial charge in [0.15, 0.2) is 0 Å². The van der Waals surface area contributed by atoms with Crippen molar-refractivity contribution in [1.82, 2.24) is 24.4 Å². The maximum absolute atomic E-state index is 13.0. The van der Waals surface area contributed by atoms with E-state index < -0.39 is 18.6 Å². The summed E-state index contributed by atoms with van der Waals surface area (Å²) in [5, 5.41) is 6.68. The van der Waals surface area contributed by atoms with Crippen LogP contribution in [0.1, 0.15) is 28.4 Å². The Morgan fingerprint density at radius 3 is 2.78 bits per heavy atom. The first kappa shape index (κ1) is 25.8. The molecule has 194 valence electrons. The Labute approximate surface area is 209 Å². The van der Waals surface area contributed by atoms with Gasteiger partial charge in [-0.15, -0.1) is 0 Å². The van der Waals surface area contributed by atoms with E-state index in [1.54, 1.807) is 47.9 Å². The van der Waals surface area contributed by atoms with Crippen molar-refractivity contribution < 1.29 is 32.0 Å². The molecule has 0 unspecified atom stereocenters. The highest BCUT2D eigenvalue weighted by molar-refractivity contribution is 6.04. The molecule has 0 spiro atoms. The highest BCUT2D eigenvalue weighted by atomic mass is 19.4. The highest BCUT2D eigenvalue weighted by Gasteiger charge is 2.42. The number of rotatable bonds is 9. The predicted octanol–water partition coefficient (Wildman–Crippen LogP) is 3.87. The lowest BCUT2D eigenvalue weighted by atomic mass is 10.1. The fraction of sp³-hybridized carbons (Fsp3) is 0.292. The van der Waals surface area contributed by atoms with Crippen LogP contribution in [0, 0.1) is 6.92 Å². The van der Waals surface area contributed by atoms with Gasteiger partial charge in [0.2, 0.25) is 11.7 Å². The van der Waals surface area contributed by atoms with E-state index >= 15 is 0 Å². The molecule has 3 aromatic heterocycles. The molecule has 0 saturated carbocycles. The number of aromatic nitrogens is 4. The summed E-state index contributed by atoms with van der Waals surface area (Å²) in [5.74, 6) is -2.46. The van der Waals surface area contributed by atoms with E-state index in [-0.39, 0.29) is 37.2 Å². The molecule has 3 heterocycles. The van der Waals surface area contributed by atoms with Crippen molar-refractivity contribution in [3.8, 4) is 11.4 Å². The van der Waals surface area contributed by atoms with E-state index in [2.05, 4.69) is 20.4 Å². The molecule has 0 aliphatic carbocycles. The van der Waals surface area contributed by atoms with Crippen LogP contribution >= 0.6 is 0 Å². The lowest BCUT2D eigenvalue weighted by molar-refractivity contribution is -0.186. The molecule has 4 aromatic rings.